The summed E-state index contributed by atoms with van der Waals surface area (Å²) < 4.78 is 10.5. The van der Waals surface area contributed by atoms with Gasteiger partial charge in [0.05, 0.1) is 19.9 Å². The predicted octanol–water partition coefficient (Wildman–Crippen LogP) is 3.76. The van der Waals surface area contributed by atoms with E-state index in [1.165, 1.54) is 0 Å². The molecule has 0 aliphatic heterocycles. The molecule has 1 heterocycles. The number of methoxy groups -OCH3 is 1. The number of ether oxygens (including phenoxy) is 1. The van der Waals surface area contributed by atoms with Crippen LogP contribution in [0.4, 0.5) is 5.69 Å². The van der Waals surface area contributed by atoms with Crippen molar-refractivity contribution in [3.05, 3.63) is 84.3 Å². The molecule has 2 aromatic carbocycles. The Labute approximate surface area is 146 Å². The molecule has 0 fully saturated rings. The first-order valence-corrected chi connectivity index (χ1v) is 8.02. The molecule has 25 heavy (non-hydrogen) atoms. The molecule has 0 unspecified atom stereocenters. The number of carbonyl (C=O) groups excluding carboxylic acids is 1. The zero-order chi connectivity index (χ0) is 17.5. The monoisotopic (exact) mass is 336 g/mol. The second-order valence-electron chi connectivity index (χ2n) is 5.53. The first-order chi connectivity index (χ1) is 12.3. The summed E-state index contributed by atoms with van der Waals surface area (Å²) in [6.45, 7) is 0.456. The van der Waals surface area contributed by atoms with Crippen molar-refractivity contribution in [3.8, 4) is 5.75 Å². The maximum Gasteiger partial charge on any atom is 0.246 e. The van der Waals surface area contributed by atoms with E-state index in [1.807, 2.05) is 60.7 Å². The number of amides is 1. The molecule has 0 aliphatic carbocycles. The van der Waals surface area contributed by atoms with Crippen molar-refractivity contribution in [2.75, 3.05) is 12.4 Å². The van der Waals surface area contributed by atoms with E-state index in [0.29, 0.717) is 18.0 Å². The smallest absolute Gasteiger partial charge is 0.246 e. The first-order valence-electron chi connectivity index (χ1n) is 8.02. The Morgan fingerprint density at radius 1 is 1.08 bits per heavy atom. The number of hydrogen-bond acceptors (Lipinski definition) is 4. The summed E-state index contributed by atoms with van der Waals surface area (Å²) in [5.41, 5.74) is 1.57. The molecular weight excluding hydrogens is 316 g/mol. The molecule has 1 aromatic heterocycles. The van der Waals surface area contributed by atoms with E-state index >= 15 is 0 Å². The van der Waals surface area contributed by atoms with E-state index in [1.54, 1.807) is 19.4 Å². The topological polar surface area (TPSA) is 63.5 Å². The van der Waals surface area contributed by atoms with Gasteiger partial charge in [0, 0.05) is 11.8 Å². The maximum atomic E-state index is 12.8. The van der Waals surface area contributed by atoms with E-state index in [0.717, 1.165) is 11.3 Å². The lowest BCUT2D eigenvalue weighted by Gasteiger charge is -2.18. The fraction of sp³-hybridized carbons (Fsp3) is 0.150. The molecule has 0 saturated carbocycles. The minimum Gasteiger partial charge on any atom is -0.497 e. The van der Waals surface area contributed by atoms with Crippen LogP contribution in [0, 0.1) is 0 Å². The second kappa shape index (κ2) is 8.17. The van der Waals surface area contributed by atoms with Gasteiger partial charge in [0.25, 0.3) is 0 Å². The lowest BCUT2D eigenvalue weighted by Crippen LogP contribution is -2.32. The molecule has 128 valence electrons. The molecule has 5 heteroatoms. The van der Waals surface area contributed by atoms with Crippen molar-refractivity contribution in [3.63, 3.8) is 0 Å². The Hall–Kier alpha value is -3.05. The van der Waals surface area contributed by atoms with Crippen LogP contribution < -0.4 is 15.4 Å². The van der Waals surface area contributed by atoms with Crippen molar-refractivity contribution >= 4 is 11.6 Å². The molecule has 3 rings (SSSR count). The van der Waals surface area contributed by atoms with Crippen LogP contribution in [0.5, 0.6) is 5.75 Å². The fourth-order valence-corrected chi connectivity index (χ4v) is 2.54. The Kier molecular flexibility index (Phi) is 5.49. The molecule has 0 aliphatic rings. The highest BCUT2D eigenvalue weighted by Gasteiger charge is 2.20. The van der Waals surface area contributed by atoms with Gasteiger partial charge in [-0.3, -0.25) is 10.1 Å². The Balaban J connectivity index is 1.76. The minimum absolute atomic E-state index is 0.147. The number of furan rings is 1. The lowest BCUT2D eigenvalue weighted by molar-refractivity contribution is -0.118. The van der Waals surface area contributed by atoms with E-state index in [-0.39, 0.29) is 5.91 Å². The zero-order valence-corrected chi connectivity index (χ0v) is 13.9. The van der Waals surface area contributed by atoms with Crippen molar-refractivity contribution < 1.29 is 13.9 Å². The van der Waals surface area contributed by atoms with Crippen LogP contribution in [0.25, 0.3) is 0 Å². The van der Waals surface area contributed by atoms with Crippen LogP contribution in [0.1, 0.15) is 17.4 Å². The third kappa shape index (κ3) is 4.49. The lowest BCUT2D eigenvalue weighted by atomic mass is 10.1. The largest absolute Gasteiger partial charge is 0.497 e. The number of carbonyl (C=O) groups is 1. The van der Waals surface area contributed by atoms with Crippen molar-refractivity contribution in [2.45, 2.75) is 12.6 Å². The zero-order valence-electron chi connectivity index (χ0n) is 13.9. The number of hydrogen-bond donors (Lipinski definition) is 2. The molecule has 2 N–H and O–H groups in total. The Morgan fingerprint density at radius 3 is 2.64 bits per heavy atom. The van der Waals surface area contributed by atoms with Gasteiger partial charge in [-0.1, -0.05) is 36.4 Å². The van der Waals surface area contributed by atoms with Gasteiger partial charge in [-0.05, 0) is 29.8 Å². The summed E-state index contributed by atoms with van der Waals surface area (Å²) in [6.07, 6.45) is 1.62. The SMILES string of the molecule is COc1cccc(NC(=O)[C@@H](NCc2ccco2)c2ccccc2)c1. The third-order valence-corrected chi connectivity index (χ3v) is 3.79. The highest BCUT2D eigenvalue weighted by Crippen LogP contribution is 2.20. The van der Waals surface area contributed by atoms with Crippen LogP contribution in [0.2, 0.25) is 0 Å². The summed E-state index contributed by atoms with van der Waals surface area (Å²) in [6, 6.07) is 20.1. The summed E-state index contributed by atoms with van der Waals surface area (Å²) in [7, 11) is 1.60. The summed E-state index contributed by atoms with van der Waals surface area (Å²) in [5.74, 6) is 1.32. The Bertz CT molecular complexity index is 801. The van der Waals surface area contributed by atoms with Gasteiger partial charge in [0.2, 0.25) is 5.91 Å². The van der Waals surface area contributed by atoms with Crippen LogP contribution in [-0.4, -0.2) is 13.0 Å². The maximum absolute atomic E-state index is 12.8. The van der Waals surface area contributed by atoms with Gasteiger partial charge in [0.15, 0.2) is 0 Å². The highest BCUT2D eigenvalue weighted by molar-refractivity contribution is 5.95. The molecule has 1 atom stereocenters. The van der Waals surface area contributed by atoms with Crippen LogP contribution in [-0.2, 0) is 11.3 Å². The predicted molar refractivity (Wildman–Crippen MR) is 96.4 cm³/mol. The van der Waals surface area contributed by atoms with Gasteiger partial charge in [-0.15, -0.1) is 0 Å². The normalized spacial score (nSPS) is 11.7. The average molecular weight is 336 g/mol. The average Bonchev–Trinajstić information content (AvgIpc) is 3.16. The van der Waals surface area contributed by atoms with Gasteiger partial charge < -0.3 is 14.5 Å². The van der Waals surface area contributed by atoms with Gasteiger partial charge in [0.1, 0.15) is 17.6 Å². The van der Waals surface area contributed by atoms with Crippen molar-refractivity contribution in [2.24, 2.45) is 0 Å². The summed E-state index contributed by atoms with van der Waals surface area (Å²) in [5, 5.41) is 6.18. The van der Waals surface area contributed by atoms with Crippen molar-refractivity contribution in [1.29, 1.82) is 0 Å². The van der Waals surface area contributed by atoms with Gasteiger partial charge in [-0.2, -0.15) is 0 Å². The van der Waals surface area contributed by atoms with Crippen LogP contribution in [0.3, 0.4) is 0 Å². The molecule has 0 saturated heterocycles. The quantitative estimate of drug-likeness (QED) is 0.689. The molecular formula is C20H20N2O3. The third-order valence-electron chi connectivity index (χ3n) is 3.79. The van der Waals surface area contributed by atoms with E-state index in [4.69, 9.17) is 9.15 Å². The minimum atomic E-state index is -0.502. The molecule has 5 nitrogen and oxygen atoms in total. The summed E-state index contributed by atoms with van der Waals surface area (Å²) in [4.78, 5) is 12.8. The molecule has 0 bridgehead atoms. The van der Waals surface area contributed by atoms with E-state index < -0.39 is 6.04 Å². The summed E-state index contributed by atoms with van der Waals surface area (Å²) >= 11 is 0. The second-order valence-corrected chi connectivity index (χ2v) is 5.53. The standard InChI is InChI=1S/C20H20N2O3/c1-24-17-10-5-9-16(13-17)22-20(23)19(15-7-3-2-4-8-15)21-14-18-11-6-12-25-18/h2-13,19,21H,14H2,1H3,(H,22,23)/t19-/m0/s1. The van der Waals surface area contributed by atoms with Crippen molar-refractivity contribution in [1.82, 2.24) is 5.32 Å². The van der Waals surface area contributed by atoms with Gasteiger partial charge >= 0.3 is 0 Å². The van der Waals surface area contributed by atoms with Crippen LogP contribution >= 0.6 is 0 Å². The van der Waals surface area contributed by atoms with Crippen LogP contribution in [0.15, 0.2) is 77.4 Å². The molecule has 0 spiro atoms. The molecule has 3 aromatic rings. The number of benzene rings is 2. The van der Waals surface area contributed by atoms with E-state index in [2.05, 4.69) is 10.6 Å². The number of rotatable bonds is 7. The molecule has 0 radical (unpaired) electrons. The highest BCUT2D eigenvalue weighted by atomic mass is 16.5. The fourth-order valence-electron chi connectivity index (χ4n) is 2.54. The first kappa shape index (κ1) is 16.8. The van der Waals surface area contributed by atoms with Gasteiger partial charge in [-0.25, -0.2) is 0 Å². The number of nitrogens with one attached hydrogen (secondary N) is 2. The molecule has 1 amide bonds. The van der Waals surface area contributed by atoms with E-state index in [9.17, 15) is 4.79 Å². The Morgan fingerprint density at radius 2 is 1.92 bits per heavy atom. The number of anilines is 1.